The lowest BCUT2D eigenvalue weighted by molar-refractivity contribution is 1.10. The van der Waals surface area contributed by atoms with E-state index in [1.54, 1.807) is 0 Å². The Kier molecular flexibility index (Phi) is 5.48. The van der Waals surface area contributed by atoms with Gasteiger partial charge in [0.25, 0.3) is 0 Å². The first-order valence-corrected chi connectivity index (χ1v) is 13.0. The summed E-state index contributed by atoms with van der Waals surface area (Å²) in [5, 5.41) is 0.723. The largest absolute Gasteiger partial charge is 0.292 e. The summed E-state index contributed by atoms with van der Waals surface area (Å²) in [7, 11) is 0. The zero-order valence-electron chi connectivity index (χ0n) is 20.5. The molecular formula is C35H22ClN2+. The summed E-state index contributed by atoms with van der Waals surface area (Å²) in [6.07, 6.45) is 9.38. The highest BCUT2D eigenvalue weighted by Crippen LogP contribution is 2.40. The van der Waals surface area contributed by atoms with Crippen molar-refractivity contribution in [2.75, 3.05) is 0 Å². The maximum absolute atomic E-state index is 6.41. The average Bonchev–Trinajstić information content (AvgIpc) is 3.37. The van der Waals surface area contributed by atoms with Gasteiger partial charge >= 0.3 is 0 Å². The molecule has 1 aliphatic rings. The van der Waals surface area contributed by atoms with E-state index in [-0.39, 0.29) is 0 Å². The molecule has 1 aliphatic carbocycles. The van der Waals surface area contributed by atoms with E-state index < -0.39 is 0 Å². The van der Waals surface area contributed by atoms with Gasteiger partial charge < -0.3 is 0 Å². The Balaban J connectivity index is 1.38. The Morgan fingerprint density at radius 1 is 0.684 bits per heavy atom. The molecular weight excluding hydrogens is 484 g/mol. The minimum absolute atomic E-state index is 0.723. The topological polar surface area (TPSA) is 17.8 Å². The van der Waals surface area contributed by atoms with E-state index in [4.69, 9.17) is 16.6 Å². The van der Waals surface area contributed by atoms with Crippen molar-refractivity contribution < 1.29 is 0 Å². The van der Waals surface area contributed by atoms with E-state index in [2.05, 4.69) is 108 Å². The van der Waals surface area contributed by atoms with Gasteiger partial charge in [-0.05, 0) is 59.7 Å². The predicted octanol–water partition coefficient (Wildman–Crippen LogP) is 9.52. The van der Waals surface area contributed by atoms with Gasteiger partial charge in [-0.25, -0.2) is 4.98 Å². The summed E-state index contributed by atoms with van der Waals surface area (Å²) >= 11 is 6.41. The summed E-state index contributed by atoms with van der Waals surface area (Å²) in [4.78, 5) is 5.02. The van der Waals surface area contributed by atoms with Crippen molar-refractivity contribution in [3.63, 3.8) is 0 Å². The summed E-state index contributed by atoms with van der Waals surface area (Å²) in [5.74, 6) is 0.923. The van der Waals surface area contributed by atoms with Gasteiger partial charge in [0.05, 0.1) is 28.2 Å². The van der Waals surface area contributed by atoms with Crippen LogP contribution in [0, 0.1) is 6.08 Å². The maximum atomic E-state index is 6.41. The molecule has 38 heavy (non-hydrogen) atoms. The van der Waals surface area contributed by atoms with E-state index in [1.807, 2.05) is 36.4 Å². The first-order valence-electron chi connectivity index (χ1n) is 12.6. The standard InChI is InChI=1S/C35H22ClN2/c36-28-11-8-10-27(23-28)34-30-14-5-4-9-24(30)21-22-31(34)25-17-19-26(20-18-25)35-37-32-15-6-7-16-33(32)38(35)29-12-2-1-3-13-29/h1-4,6-23H/q+1. The van der Waals surface area contributed by atoms with Gasteiger partial charge in [-0.15, -0.1) is 0 Å². The second-order valence-electron chi connectivity index (χ2n) is 9.32. The second-order valence-corrected chi connectivity index (χ2v) is 9.75. The van der Waals surface area contributed by atoms with Crippen molar-refractivity contribution in [2.24, 2.45) is 0 Å². The van der Waals surface area contributed by atoms with Crippen LogP contribution in [0.25, 0.3) is 62.5 Å². The van der Waals surface area contributed by atoms with Crippen molar-refractivity contribution in [3.8, 4) is 39.3 Å². The first-order chi connectivity index (χ1) is 18.8. The highest BCUT2D eigenvalue weighted by molar-refractivity contribution is 6.30. The smallest absolute Gasteiger partial charge is 0.145 e. The predicted molar refractivity (Wildman–Crippen MR) is 159 cm³/mol. The molecule has 0 saturated heterocycles. The van der Waals surface area contributed by atoms with Crippen LogP contribution in [0.4, 0.5) is 0 Å². The molecule has 6 aromatic rings. The van der Waals surface area contributed by atoms with Gasteiger partial charge in [-0.2, -0.15) is 0 Å². The van der Waals surface area contributed by atoms with E-state index in [0.29, 0.717) is 0 Å². The molecule has 2 nitrogen and oxygen atoms in total. The molecule has 0 fully saturated rings. The molecule has 178 valence electrons. The molecule has 0 radical (unpaired) electrons. The fourth-order valence-corrected chi connectivity index (χ4v) is 5.45. The molecule has 0 spiro atoms. The van der Waals surface area contributed by atoms with Crippen molar-refractivity contribution >= 4 is 34.8 Å². The fraction of sp³-hybridized carbons (Fsp3) is 0. The van der Waals surface area contributed by atoms with Gasteiger partial charge in [-0.1, -0.05) is 78.3 Å². The highest BCUT2D eigenvalue weighted by Gasteiger charge is 2.22. The van der Waals surface area contributed by atoms with Crippen LogP contribution in [-0.2, 0) is 0 Å². The number of nitrogens with zero attached hydrogens (tertiary/aromatic N) is 2. The second kappa shape index (κ2) is 9.28. The Hall–Kier alpha value is -4.75. The van der Waals surface area contributed by atoms with Crippen LogP contribution in [0.2, 0.25) is 5.02 Å². The van der Waals surface area contributed by atoms with E-state index in [1.165, 1.54) is 5.56 Å². The Labute approximate surface area is 226 Å². The van der Waals surface area contributed by atoms with Crippen LogP contribution >= 0.6 is 11.6 Å². The van der Waals surface area contributed by atoms with Gasteiger partial charge in [0.15, 0.2) is 0 Å². The lowest BCUT2D eigenvalue weighted by atomic mass is 9.86. The lowest BCUT2D eigenvalue weighted by Crippen LogP contribution is -1.97. The van der Waals surface area contributed by atoms with Crippen LogP contribution in [0.5, 0.6) is 0 Å². The number of allylic oxidation sites excluding steroid dienone is 2. The Morgan fingerprint density at radius 2 is 1.47 bits per heavy atom. The number of imidazole rings is 1. The molecule has 7 rings (SSSR count). The number of halogens is 1. The van der Waals surface area contributed by atoms with Crippen LogP contribution < -0.4 is 0 Å². The molecule has 0 aliphatic heterocycles. The van der Waals surface area contributed by atoms with Crippen molar-refractivity contribution in [1.82, 2.24) is 9.55 Å². The summed E-state index contributed by atoms with van der Waals surface area (Å²) < 4.78 is 2.23. The molecule has 0 amide bonds. The zero-order chi connectivity index (χ0) is 25.5. The minimum atomic E-state index is 0.723. The molecule has 0 atom stereocenters. The highest BCUT2D eigenvalue weighted by atomic mass is 35.5. The zero-order valence-corrected chi connectivity index (χ0v) is 21.2. The number of rotatable bonds is 4. The SMILES string of the molecule is Clc1cccc(-c2c(-c3ccc(-c4nc5ccccc5n4-c4ccccc4)cc3)ccc3c2C=[C+]C=C3)c1. The fourth-order valence-electron chi connectivity index (χ4n) is 5.26. The van der Waals surface area contributed by atoms with Crippen molar-refractivity contribution in [3.05, 3.63) is 144 Å². The molecule has 0 N–H and O–H groups in total. The van der Waals surface area contributed by atoms with Gasteiger partial charge in [0.2, 0.25) is 0 Å². The third-order valence-corrected chi connectivity index (χ3v) is 7.24. The molecule has 3 heteroatoms. The van der Waals surface area contributed by atoms with Crippen LogP contribution in [0.3, 0.4) is 0 Å². The van der Waals surface area contributed by atoms with Gasteiger partial charge in [0, 0.05) is 27.9 Å². The molecule has 1 heterocycles. The Bertz CT molecular complexity index is 1860. The number of benzene rings is 5. The van der Waals surface area contributed by atoms with Crippen LogP contribution in [-0.4, -0.2) is 9.55 Å². The summed E-state index contributed by atoms with van der Waals surface area (Å²) in [6.45, 7) is 0. The average molecular weight is 506 g/mol. The molecule has 5 aromatic carbocycles. The number of para-hydroxylation sites is 3. The van der Waals surface area contributed by atoms with Crippen molar-refractivity contribution in [1.29, 1.82) is 0 Å². The van der Waals surface area contributed by atoms with Crippen LogP contribution in [0.1, 0.15) is 11.1 Å². The van der Waals surface area contributed by atoms with Crippen molar-refractivity contribution in [2.45, 2.75) is 0 Å². The Morgan fingerprint density at radius 3 is 2.32 bits per heavy atom. The first kappa shape index (κ1) is 22.4. The lowest BCUT2D eigenvalue weighted by Gasteiger charge is -2.14. The van der Waals surface area contributed by atoms with E-state index in [9.17, 15) is 0 Å². The summed E-state index contributed by atoms with van der Waals surface area (Å²) in [6, 6.07) is 39.8. The quantitative estimate of drug-likeness (QED) is 0.218. The normalized spacial score (nSPS) is 11.9. The van der Waals surface area contributed by atoms with Gasteiger partial charge in [-0.3, -0.25) is 4.57 Å². The number of hydrogen-bond acceptors (Lipinski definition) is 1. The maximum Gasteiger partial charge on any atom is 0.145 e. The van der Waals surface area contributed by atoms with E-state index >= 15 is 0 Å². The van der Waals surface area contributed by atoms with Crippen LogP contribution in [0.15, 0.2) is 121 Å². The van der Waals surface area contributed by atoms with Gasteiger partial charge in [0.1, 0.15) is 23.5 Å². The number of aromatic nitrogens is 2. The monoisotopic (exact) mass is 505 g/mol. The number of hydrogen-bond donors (Lipinski definition) is 0. The van der Waals surface area contributed by atoms with E-state index in [0.717, 1.165) is 60.9 Å². The molecule has 0 bridgehead atoms. The third kappa shape index (κ3) is 3.84. The molecule has 1 aromatic heterocycles. The third-order valence-electron chi connectivity index (χ3n) is 7.01. The number of fused-ring (bicyclic) bond motifs is 2. The summed E-state index contributed by atoms with van der Waals surface area (Å²) in [5.41, 5.74) is 11.1. The molecule has 0 saturated carbocycles. The molecule has 0 unspecified atom stereocenters. The minimum Gasteiger partial charge on any atom is -0.292 e.